The Balaban J connectivity index is 1.19. The van der Waals surface area contributed by atoms with Crippen molar-refractivity contribution in [2.75, 3.05) is 13.2 Å². The van der Waals surface area contributed by atoms with Crippen LogP contribution in [0.3, 0.4) is 0 Å². The van der Waals surface area contributed by atoms with E-state index in [2.05, 4.69) is 88.4 Å². The average molecular weight is 509 g/mol. The van der Waals surface area contributed by atoms with Crippen molar-refractivity contribution in [3.63, 3.8) is 0 Å². The molecule has 0 aromatic heterocycles. The highest BCUT2D eigenvalue weighted by Crippen LogP contribution is 2.55. The summed E-state index contributed by atoms with van der Waals surface area (Å²) < 4.78 is 32.5. The van der Waals surface area contributed by atoms with Crippen molar-refractivity contribution in [3.05, 3.63) is 60.7 Å². The molecule has 36 heavy (non-hydrogen) atoms. The fraction of sp³-hybridized carbons (Fsp3) is 0.600. The lowest BCUT2D eigenvalue weighted by Gasteiger charge is -2.43. The van der Waals surface area contributed by atoms with Gasteiger partial charge >= 0.3 is 0 Å². The van der Waals surface area contributed by atoms with Crippen LogP contribution in [0, 0.1) is 5.92 Å². The minimum absolute atomic E-state index is 0.0286. The number of benzene rings is 2. The zero-order chi connectivity index (χ0) is 25.0. The minimum atomic E-state index is -2.54. The van der Waals surface area contributed by atoms with E-state index in [1.54, 1.807) is 0 Å². The molecule has 0 bridgehead atoms. The smallest absolute Gasteiger partial charge is 0.261 e. The molecule has 4 aliphatic rings. The molecule has 0 amide bonds. The Kier molecular flexibility index (Phi) is 6.22. The molecule has 4 saturated heterocycles. The van der Waals surface area contributed by atoms with Crippen molar-refractivity contribution < 1.29 is 23.4 Å². The lowest BCUT2D eigenvalue weighted by Crippen LogP contribution is -2.66. The van der Waals surface area contributed by atoms with E-state index >= 15 is 0 Å². The van der Waals surface area contributed by atoms with Crippen molar-refractivity contribution >= 4 is 18.7 Å². The van der Waals surface area contributed by atoms with Gasteiger partial charge in [0.25, 0.3) is 8.32 Å². The molecule has 6 atom stereocenters. The maximum Gasteiger partial charge on any atom is 0.261 e. The molecule has 2 aromatic rings. The van der Waals surface area contributed by atoms with E-state index in [-0.39, 0.29) is 17.2 Å². The normalized spacial score (nSPS) is 35.9. The zero-order valence-electron chi connectivity index (χ0n) is 22.1. The minimum Gasteiger partial charge on any atom is -0.407 e. The van der Waals surface area contributed by atoms with Crippen molar-refractivity contribution in [2.24, 2.45) is 5.92 Å². The predicted molar refractivity (Wildman–Crippen MR) is 142 cm³/mol. The van der Waals surface area contributed by atoms with Crippen LogP contribution in [0.15, 0.2) is 60.7 Å². The molecule has 0 unspecified atom stereocenters. The van der Waals surface area contributed by atoms with Crippen LogP contribution in [0.5, 0.6) is 0 Å². The number of fused-ring (bicyclic) bond motifs is 2. The van der Waals surface area contributed by atoms with Crippen molar-refractivity contribution in [1.29, 1.82) is 0 Å². The molecule has 194 valence electrons. The molecule has 6 rings (SSSR count). The summed E-state index contributed by atoms with van der Waals surface area (Å²) in [7, 11) is -2.54. The van der Waals surface area contributed by atoms with Gasteiger partial charge in [-0.05, 0) is 34.2 Å². The first-order valence-electron chi connectivity index (χ1n) is 13.7. The fourth-order valence-corrected chi connectivity index (χ4v) is 11.6. The lowest BCUT2D eigenvalue weighted by atomic mass is 9.96. The molecule has 2 spiro atoms. The van der Waals surface area contributed by atoms with Gasteiger partial charge in [-0.3, -0.25) is 0 Å². The SMILES string of the molecule is C[C@@H]1C[C@@]2(CC[C@@]3(OCC[C@@H]4O[C@@H]43)O2)O[C@@H]1CCO[Si](c1ccccc1)(c1ccccc1)C(C)(C)C. The number of epoxide rings is 1. The second kappa shape index (κ2) is 9.04. The quantitative estimate of drug-likeness (QED) is 0.416. The Bertz CT molecular complexity index is 1020. The summed E-state index contributed by atoms with van der Waals surface area (Å²) in [5, 5.41) is 2.60. The highest BCUT2D eigenvalue weighted by atomic mass is 28.4. The lowest BCUT2D eigenvalue weighted by molar-refractivity contribution is -0.322. The van der Waals surface area contributed by atoms with Gasteiger partial charge in [-0.25, -0.2) is 0 Å². The van der Waals surface area contributed by atoms with Crippen LogP contribution in [0.4, 0.5) is 0 Å². The van der Waals surface area contributed by atoms with E-state index in [1.807, 2.05) is 0 Å². The van der Waals surface area contributed by atoms with Gasteiger partial charge in [-0.15, -0.1) is 0 Å². The molecule has 4 heterocycles. The maximum absolute atomic E-state index is 7.13. The summed E-state index contributed by atoms with van der Waals surface area (Å²) in [4.78, 5) is 0. The summed E-state index contributed by atoms with van der Waals surface area (Å²) in [5.74, 6) is -0.736. The Morgan fingerprint density at radius 1 is 0.972 bits per heavy atom. The van der Waals surface area contributed by atoms with Crippen molar-refractivity contribution in [1.82, 2.24) is 0 Å². The van der Waals surface area contributed by atoms with Gasteiger partial charge in [-0.2, -0.15) is 0 Å². The van der Waals surface area contributed by atoms with E-state index in [4.69, 9.17) is 23.4 Å². The topological polar surface area (TPSA) is 49.5 Å². The Hall–Kier alpha value is -1.54. The largest absolute Gasteiger partial charge is 0.407 e. The van der Waals surface area contributed by atoms with E-state index in [9.17, 15) is 0 Å². The van der Waals surface area contributed by atoms with Gasteiger partial charge in [0.05, 0.1) is 18.8 Å². The summed E-state index contributed by atoms with van der Waals surface area (Å²) >= 11 is 0. The summed E-state index contributed by atoms with van der Waals surface area (Å²) in [6.45, 7) is 10.6. The highest BCUT2D eigenvalue weighted by Gasteiger charge is 2.67. The van der Waals surface area contributed by atoms with E-state index in [1.165, 1.54) is 10.4 Å². The van der Waals surface area contributed by atoms with Gasteiger partial charge in [-0.1, -0.05) is 88.4 Å². The van der Waals surface area contributed by atoms with Crippen molar-refractivity contribution in [2.45, 2.75) is 94.7 Å². The summed E-state index contributed by atoms with van der Waals surface area (Å²) in [6.07, 6.45) is 4.96. The van der Waals surface area contributed by atoms with Gasteiger partial charge in [0.2, 0.25) is 5.79 Å². The van der Waals surface area contributed by atoms with E-state index in [0.717, 1.165) is 32.1 Å². The molecular formula is C30H40O5Si. The Morgan fingerprint density at radius 3 is 2.28 bits per heavy atom. The van der Waals surface area contributed by atoms with Gasteiger partial charge in [0.15, 0.2) is 5.79 Å². The molecule has 5 nitrogen and oxygen atoms in total. The first kappa shape index (κ1) is 24.8. The van der Waals surface area contributed by atoms with E-state index in [0.29, 0.717) is 25.2 Å². The first-order chi connectivity index (χ1) is 17.3. The Morgan fingerprint density at radius 2 is 1.64 bits per heavy atom. The molecule has 0 radical (unpaired) electrons. The molecule has 2 aromatic carbocycles. The van der Waals surface area contributed by atoms with Crippen LogP contribution < -0.4 is 10.4 Å². The standard InChI is InChI=1S/C30H40O5Si/c1-22-21-29(17-18-30(35-29)27-26(33-27)15-19-31-30)34-25(22)16-20-32-36(28(2,3)4,23-11-7-5-8-12-23)24-13-9-6-10-14-24/h5-14,22,25-27H,15-21H2,1-4H3/t22-,25-,26+,27+,29+,30-/m1/s1. The number of ether oxygens (including phenoxy) is 4. The summed E-state index contributed by atoms with van der Waals surface area (Å²) in [6, 6.07) is 21.7. The number of hydrogen-bond acceptors (Lipinski definition) is 5. The third kappa shape index (κ3) is 4.10. The van der Waals surface area contributed by atoms with Gasteiger partial charge in [0.1, 0.15) is 6.10 Å². The van der Waals surface area contributed by atoms with Crippen LogP contribution in [0.25, 0.3) is 0 Å². The molecule has 0 N–H and O–H groups in total. The predicted octanol–water partition coefficient (Wildman–Crippen LogP) is 4.77. The molecule has 4 fully saturated rings. The van der Waals surface area contributed by atoms with Crippen LogP contribution in [0.1, 0.15) is 59.8 Å². The van der Waals surface area contributed by atoms with Gasteiger partial charge < -0.3 is 23.4 Å². The van der Waals surface area contributed by atoms with Crippen LogP contribution in [0.2, 0.25) is 5.04 Å². The third-order valence-electron chi connectivity index (χ3n) is 8.75. The molecule has 6 heteroatoms. The zero-order valence-corrected chi connectivity index (χ0v) is 23.1. The summed E-state index contributed by atoms with van der Waals surface area (Å²) in [5.41, 5.74) is 0. The second-order valence-electron chi connectivity index (χ2n) is 12.2. The maximum atomic E-state index is 7.13. The fourth-order valence-electron chi connectivity index (χ4n) is 6.98. The van der Waals surface area contributed by atoms with Crippen LogP contribution in [-0.4, -0.2) is 51.4 Å². The number of rotatable bonds is 6. The van der Waals surface area contributed by atoms with Crippen molar-refractivity contribution in [3.8, 4) is 0 Å². The van der Waals surface area contributed by atoms with E-state index < -0.39 is 19.9 Å². The Labute approximate surface area is 216 Å². The average Bonchev–Trinajstić information content (AvgIpc) is 3.51. The van der Waals surface area contributed by atoms with Gasteiger partial charge in [0, 0.05) is 25.9 Å². The monoisotopic (exact) mass is 508 g/mol. The second-order valence-corrected chi connectivity index (χ2v) is 16.5. The molecular weight excluding hydrogens is 468 g/mol. The molecule has 0 aliphatic carbocycles. The number of hydrogen-bond donors (Lipinski definition) is 0. The molecule has 0 saturated carbocycles. The van der Waals surface area contributed by atoms with Crippen LogP contribution >= 0.6 is 0 Å². The highest BCUT2D eigenvalue weighted by molar-refractivity contribution is 6.99. The van der Waals surface area contributed by atoms with Crippen LogP contribution in [-0.2, 0) is 23.4 Å². The molecule has 4 aliphatic heterocycles. The first-order valence-corrected chi connectivity index (χ1v) is 15.6. The third-order valence-corrected chi connectivity index (χ3v) is 13.8.